The summed E-state index contributed by atoms with van der Waals surface area (Å²) in [4.78, 5) is 14.5. The van der Waals surface area contributed by atoms with E-state index in [9.17, 15) is 5.48 Å². The summed E-state index contributed by atoms with van der Waals surface area (Å²) in [5.74, 6) is 0.816. The molecule has 0 aliphatic heterocycles. The predicted molar refractivity (Wildman–Crippen MR) is 213 cm³/mol. The Balaban J connectivity index is 1.22. The fourth-order valence-electron chi connectivity index (χ4n) is 6.48. The molecule has 0 amide bonds. The minimum atomic E-state index is -0.266. The summed E-state index contributed by atoms with van der Waals surface area (Å²) < 4.78 is 58.7. The summed E-state index contributed by atoms with van der Waals surface area (Å²) in [6.07, 6.45) is 0. The van der Waals surface area contributed by atoms with Crippen LogP contribution in [0.15, 0.2) is 164 Å². The zero-order valence-corrected chi connectivity index (χ0v) is 27.9. The Morgan fingerprint density at radius 1 is 0.400 bits per heavy atom. The molecule has 0 saturated carbocycles. The summed E-state index contributed by atoms with van der Waals surface area (Å²) in [6, 6.07) is 40.4. The molecule has 234 valence electrons. The third-order valence-electron chi connectivity index (χ3n) is 8.87. The molecule has 0 saturated heterocycles. The van der Waals surface area contributed by atoms with Crippen LogP contribution in [-0.4, -0.2) is 15.0 Å². The van der Waals surface area contributed by atoms with Crippen LogP contribution < -0.4 is 0 Å². The summed E-state index contributed by atoms with van der Waals surface area (Å²) in [5.41, 5.74) is 4.88. The first-order valence-electron chi connectivity index (χ1n) is 19.1. The zero-order valence-electron chi connectivity index (χ0n) is 32.3. The van der Waals surface area contributed by atoms with Gasteiger partial charge in [0.1, 0.15) is 0 Å². The van der Waals surface area contributed by atoms with Crippen molar-refractivity contribution >= 4 is 63.0 Å². The van der Waals surface area contributed by atoms with Gasteiger partial charge in [0.05, 0.1) is 8.22 Å². The lowest BCUT2D eigenvalue weighted by molar-refractivity contribution is 1.07. The van der Waals surface area contributed by atoms with Crippen molar-refractivity contribution in [1.82, 2.24) is 15.0 Å². The number of thiophene rings is 2. The smallest absolute Gasteiger partial charge is 0.164 e. The van der Waals surface area contributed by atoms with E-state index in [1.165, 1.54) is 11.3 Å². The second kappa shape index (κ2) is 11.8. The molecule has 3 heterocycles. The first-order valence-corrected chi connectivity index (χ1v) is 17.8. The van der Waals surface area contributed by atoms with Gasteiger partial charge in [-0.25, -0.2) is 15.0 Å². The molecule has 0 radical (unpaired) electrons. The van der Waals surface area contributed by atoms with E-state index in [0.717, 1.165) is 48.0 Å². The van der Waals surface area contributed by atoms with E-state index in [4.69, 9.17) is 17.7 Å². The fourth-order valence-corrected chi connectivity index (χ4v) is 8.74. The maximum Gasteiger partial charge on any atom is 0.164 e. The Morgan fingerprint density at radius 3 is 1.80 bits per heavy atom. The molecular weight excluding hydrogens is 647 g/mol. The molecule has 3 nitrogen and oxygen atoms in total. The highest BCUT2D eigenvalue weighted by Gasteiger charge is 2.17. The average molecular weight is 680 g/mol. The van der Waals surface area contributed by atoms with Crippen LogP contribution in [0.4, 0.5) is 0 Å². The van der Waals surface area contributed by atoms with Crippen molar-refractivity contribution in [2.75, 3.05) is 0 Å². The normalized spacial score (nSPS) is 13.3. The number of benzene rings is 7. The molecule has 3 aromatic heterocycles. The van der Waals surface area contributed by atoms with Gasteiger partial charge in [-0.1, -0.05) is 145 Å². The molecule has 0 fully saturated rings. The van der Waals surface area contributed by atoms with Crippen molar-refractivity contribution < 1.29 is 8.22 Å². The van der Waals surface area contributed by atoms with Gasteiger partial charge in [-0.05, 0) is 34.9 Å². The van der Waals surface area contributed by atoms with Gasteiger partial charge < -0.3 is 0 Å². The third-order valence-corrected chi connectivity index (χ3v) is 11.1. The van der Waals surface area contributed by atoms with Gasteiger partial charge in [0.2, 0.25) is 0 Å². The number of hydrogen-bond donors (Lipinski definition) is 0. The first kappa shape index (κ1) is 23.4. The van der Waals surface area contributed by atoms with Crippen LogP contribution in [0.3, 0.4) is 0 Å². The van der Waals surface area contributed by atoms with Crippen LogP contribution in [0.25, 0.3) is 96.8 Å². The Morgan fingerprint density at radius 2 is 1.02 bits per heavy atom. The largest absolute Gasteiger partial charge is 0.208 e. The Bertz CT molecular complexity index is 3200. The lowest BCUT2D eigenvalue weighted by Crippen LogP contribution is -2.00. The second-order valence-corrected chi connectivity index (χ2v) is 14.0. The Kier molecular flexibility index (Phi) is 5.54. The molecule has 0 aliphatic carbocycles. The van der Waals surface area contributed by atoms with E-state index in [-0.39, 0.29) is 53.0 Å². The van der Waals surface area contributed by atoms with E-state index < -0.39 is 0 Å². The summed E-state index contributed by atoms with van der Waals surface area (Å²) in [7, 11) is 0. The molecule has 0 unspecified atom stereocenters. The van der Waals surface area contributed by atoms with Crippen molar-refractivity contribution in [3.63, 3.8) is 0 Å². The number of fused-ring (bicyclic) bond motifs is 6. The average Bonchev–Trinajstić information content (AvgIpc) is 3.83. The number of aromatic nitrogens is 3. The van der Waals surface area contributed by atoms with E-state index in [2.05, 4.69) is 12.1 Å². The van der Waals surface area contributed by atoms with Gasteiger partial charge in [-0.2, -0.15) is 0 Å². The van der Waals surface area contributed by atoms with Gasteiger partial charge >= 0.3 is 0 Å². The number of rotatable bonds is 5. The molecule has 0 N–H and O–H groups in total. The standard InChI is InChI=1S/C45H27N3S2/c1-3-11-28(12-4-1)29-21-23-31(24-22-29)44-46-43(30-13-5-2-6-14-30)47-45(48-44)32-25-26-33-35-17-9-18-36(42(35)50-40(33)27-32)34-16-10-20-39-41(34)37-15-7-8-19-38(37)49-39/h1-27H/i9D,17D,18D,25D,26D,27D. The molecule has 50 heavy (non-hydrogen) atoms. The van der Waals surface area contributed by atoms with Crippen molar-refractivity contribution in [2.24, 2.45) is 0 Å². The van der Waals surface area contributed by atoms with Crippen LogP contribution in [0, 0.1) is 0 Å². The van der Waals surface area contributed by atoms with E-state index in [1.807, 2.05) is 115 Å². The summed E-state index contributed by atoms with van der Waals surface area (Å²) >= 11 is 2.87. The second-order valence-electron chi connectivity index (χ2n) is 11.9. The molecule has 5 heteroatoms. The quantitative estimate of drug-likeness (QED) is 0.182. The SMILES string of the molecule is [2H]c1c([2H])c([2H])c2c(sc3c([2H])c(-c4nc(-c5ccccc5)nc(-c5ccc(-c6ccccc6)cc5)n4)c([2H])c([2H])c32)c1-c1cccc2sc3ccccc3c12. The van der Waals surface area contributed by atoms with Crippen molar-refractivity contribution in [1.29, 1.82) is 0 Å². The monoisotopic (exact) mass is 679 g/mol. The number of nitrogens with zero attached hydrogens (tertiary/aromatic N) is 3. The van der Waals surface area contributed by atoms with Crippen LogP contribution in [-0.2, 0) is 0 Å². The number of hydrogen-bond acceptors (Lipinski definition) is 5. The van der Waals surface area contributed by atoms with Crippen molar-refractivity contribution in [2.45, 2.75) is 0 Å². The van der Waals surface area contributed by atoms with E-state index >= 15 is 0 Å². The molecule has 0 bridgehead atoms. The van der Waals surface area contributed by atoms with Crippen LogP contribution in [0.2, 0.25) is 0 Å². The molecule has 10 aromatic rings. The highest BCUT2D eigenvalue weighted by atomic mass is 32.1. The van der Waals surface area contributed by atoms with Crippen molar-refractivity contribution in [3.05, 3.63) is 164 Å². The molecule has 0 spiro atoms. The Hall–Kier alpha value is -6.01. The van der Waals surface area contributed by atoms with E-state index in [0.29, 0.717) is 32.0 Å². The molecule has 0 aliphatic rings. The lowest BCUT2D eigenvalue weighted by Gasteiger charge is -2.09. The van der Waals surface area contributed by atoms with Gasteiger partial charge in [0.25, 0.3) is 0 Å². The maximum atomic E-state index is 9.64. The molecule has 7 aromatic carbocycles. The highest BCUT2D eigenvalue weighted by Crippen LogP contribution is 2.45. The molecular formula is C45H27N3S2. The third kappa shape index (κ3) is 4.90. The maximum absolute atomic E-state index is 9.64. The first-order chi connectivity index (χ1) is 27.3. The van der Waals surface area contributed by atoms with Gasteiger partial charge in [-0.15, -0.1) is 22.7 Å². The molecule has 0 atom stereocenters. The lowest BCUT2D eigenvalue weighted by atomic mass is 9.98. The van der Waals surface area contributed by atoms with Crippen LogP contribution in [0.5, 0.6) is 0 Å². The van der Waals surface area contributed by atoms with Crippen molar-refractivity contribution in [3.8, 4) is 56.4 Å². The fraction of sp³-hybridized carbons (Fsp3) is 0. The highest BCUT2D eigenvalue weighted by molar-refractivity contribution is 7.26. The van der Waals surface area contributed by atoms with Crippen LogP contribution >= 0.6 is 22.7 Å². The summed E-state index contributed by atoms with van der Waals surface area (Å²) in [5, 5.41) is 2.54. The van der Waals surface area contributed by atoms with Crippen LogP contribution in [0.1, 0.15) is 8.22 Å². The van der Waals surface area contributed by atoms with E-state index in [1.54, 1.807) is 11.3 Å². The predicted octanol–water partition coefficient (Wildman–Crippen LogP) is 12.9. The van der Waals surface area contributed by atoms with Gasteiger partial charge in [0, 0.05) is 62.6 Å². The topological polar surface area (TPSA) is 38.7 Å². The Labute approximate surface area is 305 Å². The minimum absolute atomic E-state index is 0.0552. The summed E-state index contributed by atoms with van der Waals surface area (Å²) in [6.45, 7) is 0. The minimum Gasteiger partial charge on any atom is -0.208 e. The van der Waals surface area contributed by atoms with Gasteiger partial charge in [0.15, 0.2) is 17.5 Å². The zero-order chi connectivity index (χ0) is 38.2. The molecule has 10 rings (SSSR count). The van der Waals surface area contributed by atoms with Gasteiger partial charge in [-0.3, -0.25) is 0 Å².